The van der Waals surface area contributed by atoms with Crippen molar-refractivity contribution in [2.24, 2.45) is 5.92 Å². The van der Waals surface area contributed by atoms with E-state index < -0.39 is 8.07 Å². The number of allylic oxidation sites excluding steroid dienone is 1. The van der Waals surface area contributed by atoms with Crippen LogP contribution in [0.4, 0.5) is 4.79 Å². The molecule has 2 fully saturated rings. The van der Waals surface area contributed by atoms with Gasteiger partial charge in [-0.1, -0.05) is 71.2 Å². The molecule has 2 rings (SSSR count). The zero-order valence-corrected chi connectivity index (χ0v) is 21.0. The predicted molar refractivity (Wildman–Crippen MR) is 128 cm³/mol. The van der Waals surface area contributed by atoms with Crippen LogP contribution in [0.3, 0.4) is 0 Å². The number of nitrogens with zero attached hydrogens (tertiary/aromatic N) is 1. The van der Waals surface area contributed by atoms with Crippen molar-refractivity contribution in [3.05, 3.63) is 12.7 Å². The van der Waals surface area contributed by atoms with Crippen LogP contribution in [-0.2, 0) is 9.53 Å². The Labute approximate surface area is 185 Å². The first-order chi connectivity index (χ1) is 14.2. The van der Waals surface area contributed by atoms with Gasteiger partial charge < -0.3 is 4.74 Å². The van der Waals surface area contributed by atoms with E-state index in [0.717, 1.165) is 57.4 Å². The molecule has 0 unspecified atom stereocenters. The summed E-state index contributed by atoms with van der Waals surface area (Å²) in [5, 5.41) is 0. The smallest absolute Gasteiger partial charge is 0.410 e. The summed E-state index contributed by atoms with van der Waals surface area (Å²) in [6.07, 6.45) is 13.5. The minimum absolute atomic E-state index is 0.00657. The molecule has 0 bridgehead atoms. The van der Waals surface area contributed by atoms with E-state index in [1.54, 1.807) is 0 Å². The van der Waals surface area contributed by atoms with Crippen LogP contribution in [0.5, 0.6) is 0 Å². The van der Waals surface area contributed by atoms with Gasteiger partial charge in [0.1, 0.15) is 5.78 Å². The van der Waals surface area contributed by atoms with Crippen LogP contribution in [0.15, 0.2) is 12.7 Å². The van der Waals surface area contributed by atoms with E-state index in [1.807, 2.05) is 6.08 Å². The van der Waals surface area contributed by atoms with Crippen molar-refractivity contribution in [1.29, 1.82) is 0 Å². The van der Waals surface area contributed by atoms with Crippen molar-refractivity contribution >= 4 is 20.0 Å². The molecule has 1 aliphatic heterocycles. The average Bonchev–Trinajstić information content (AvgIpc) is 2.68. The van der Waals surface area contributed by atoms with E-state index in [9.17, 15) is 9.59 Å². The van der Waals surface area contributed by atoms with E-state index >= 15 is 0 Å². The van der Waals surface area contributed by atoms with Crippen molar-refractivity contribution in [3.8, 4) is 0 Å². The molecule has 0 spiro atoms. The molecule has 0 N–H and O–H groups in total. The molecule has 172 valence electrons. The number of Topliss-reactive ketones (excluding diaryl/α,β-unsaturated/α-hetero) is 1. The van der Waals surface area contributed by atoms with Crippen molar-refractivity contribution < 1.29 is 14.3 Å². The Balaban J connectivity index is 2.27. The van der Waals surface area contributed by atoms with Gasteiger partial charge in [-0.25, -0.2) is 4.79 Å². The number of rotatable bonds is 11. The molecule has 0 radical (unpaired) electrons. The summed E-state index contributed by atoms with van der Waals surface area (Å²) in [5.41, 5.74) is -0.368. The summed E-state index contributed by atoms with van der Waals surface area (Å²) in [5.74, 6) is 0.355. The molecule has 0 aromatic heterocycles. The Kier molecular flexibility index (Phi) is 9.64. The van der Waals surface area contributed by atoms with E-state index in [0.29, 0.717) is 18.8 Å². The first-order valence-electron chi connectivity index (χ1n) is 12.3. The van der Waals surface area contributed by atoms with E-state index in [1.165, 1.54) is 19.3 Å². The fourth-order valence-corrected chi connectivity index (χ4v) is 6.17. The number of ketones is 1. The first-order valence-corrected chi connectivity index (χ1v) is 16.1. The highest BCUT2D eigenvalue weighted by Crippen LogP contribution is 2.48. The number of hydrogen-bond acceptors (Lipinski definition) is 3. The molecule has 0 aromatic carbocycles. The highest BCUT2D eigenvalue weighted by atomic mass is 28.3. The van der Waals surface area contributed by atoms with E-state index in [-0.39, 0.29) is 23.6 Å². The summed E-state index contributed by atoms with van der Waals surface area (Å²) in [4.78, 5) is 28.8. The lowest BCUT2D eigenvalue weighted by molar-refractivity contribution is -0.142. The fourth-order valence-electron chi connectivity index (χ4n) is 5.46. The van der Waals surface area contributed by atoms with Gasteiger partial charge >= 0.3 is 6.09 Å². The number of carbonyl (C=O) groups excluding carboxylic acids is 2. The highest BCUT2D eigenvalue weighted by Gasteiger charge is 2.55. The second kappa shape index (κ2) is 11.5. The Hall–Kier alpha value is -1.10. The van der Waals surface area contributed by atoms with Crippen LogP contribution < -0.4 is 0 Å². The standard InChI is InChI=1S/C25H45NO3Si/c1-6-8-10-11-14-21-20-23(27)22-15-12-13-17-25(22,16-9-7-2)26(21)24(28)29-18-19-30(3,4)5/h7,21-22H,2,6,8-20H2,1,3-5H3/t21-,22-,25-/m0/s1. The molecule has 1 saturated carbocycles. The molecule has 0 aromatic rings. The molecule has 5 heteroatoms. The molecule has 2 aliphatic rings. The van der Waals surface area contributed by atoms with Gasteiger partial charge in [0, 0.05) is 26.5 Å². The Bertz CT molecular complexity index is 585. The summed E-state index contributed by atoms with van der Waals surface area (Å²) < 4.78 is 5.89. The number of likely N-dealkylation sites (tertiary alicyclic amines) is 1. The molecule has 1 heterocycles. The lowest BCUT2D eigenvalue weighted by Crippen LogP contribution is -2.66. The number of fused-ring (bicyclic) bond motifs is 1. The third kappa shape index (κ3) is 6.45. The van der Waals surface area contributed by atoms with Crippen LogP contribution in [0, 0.1) is 5.92 Å². The maximum atomic E-state index is 13.5. The van der Waals surface area contributed by atoms with Crippen molar-refractivity contribution in [1.82, 2.24) is 4.90 Å². The van der Waals surface area contributed by atoms with Gasteiger partial charge in [-0.05, 0) is 38.1 Å². The highest BCUT2D eigenvalue weighted by molar-refractivity contribution is 6.76. The lowest BCUT2D eigenvalue weighted by atomic mass is 9.63. The summed E-state index contributed by atoms with van der Waals surface area (Å²) in [6, 6.07) is 0.975. The van der Waals surface area contributed by atoms with Crippen LogP contribution in [0.1, 0.15) is 84.0 Å². The molecule has 1 aliphatic carbocycles. The molecule has 4 nitrogen and oxygen atoms in total. The minimum atomic E-state index is -1.27. The number of amides is 1. The number of hydrogen-bond donors (Lipinski definition) is 0. The fraction of sp³-hybridized carbons (Fsp3) is 0.840. The monoisotopic (exact) mass is 435 g/mol. The van der Waals surface area contributed by atoms with Gasteiger partial charge in [0.05, 0.1) is 12.1 Å². The number of unbranched alkanes of at least 4 members (excludes halogenated alkanes) is 3. The summed E-state index contributed by atoms with van der Waals surface area (Å²) in [7, 11) is -1.27. The third-order valence-electron chi connectivity index (χ3n) is 7.12. The van der Waals surface area contributed by atoms with Crippen LogP contribution in [0.25, 0.3) is 0 Å². The molecule has 1 amide bonds. The zero-order chi connectivity index (χ0) is 22.2. The number of piperidine rings is 1. The van der Waals surface area contributed by atoms with Crippen molar-refractivity contribution in [2.45, 2.75) is 121 Å². The van der Waals surface area contributed by atoms with Gasteiger partial charge in [-0.3, -0.25) is 9.69 Å². The largest absolute Gasteiger partial charge is 0.450 e. The van der Waals surface area contributed by atoms with Gasteiger partial charge in [0.25, 0.3) is 0 Å². The van der Waals surface area contributed by atoms with Crippen molar-refractivity contribution in [2.75, 3.05) is 6.61 Å². The van der Waals surface area contributed by atoms with E-state index in [2.05, 4.69) is 38.0 Å². The summed E-state index contributed by atoms with van der Waals surface area (Å²) in [6.45, 7) is 13.5. The minimum Gasteiger partial charge on any atom is -0.450 e. The van der Waals surface area contributed by atoms with Crippen molar-refractivity contribution in [3.63, 3.8) is 0 Å². The Morgan fingerprint density at radius 2 is 2.03 bits per heavy atom. The first kappa shape index (κ1) is 25.2. The average molecular weight is 436 g/mol. The number of ether oxygens (including phenoxy) is 1. The molecular formula is C25H45NO3Si. The van der Waals surface area contributed by atoms with Crippen LogP contribution in [0.2, 0.25) is 25.7 Å². The second-order valence-electron chi connectivity index (χ2n) is 10.7. The van der Waals surface area contributed by atoms with Gasteiger partial charge in [0.15, 0.2) is 0 Å². The Morgan fingerprint density at radius 1 is 1.27 bits per heavy atom. The normalized spacial score (nSPS) is 26.9. The van der Waals surface area contributed by atoms with E-state index in [4.69, 9.17) is 4.74 Å². The Morgan fingerprint density at radius 3 is 2.70 bits per heavy atom. The maximum absolute atomic E-state index is 13.5. The van der Waals surface area contributed by atoms with Gasteiger partial charge in [0.2, 0.25) is 0 Å². The molecule has 30 heavy (non-hydrogen) atoms. The predicted octanol–water partition coefficient (Wildman–Crippen LogP) is 6.97. The van der Waals surface area contributed by atoms with Crippen LogP contribution in [-0.4, -0.2) is 43.0 Å². The molecule has 1 saturated heterocycles. The second-order valence-corrected chi connectivity index (χ2v) is 16.3. The number of carbonyl (C=O) groups is 2. The quantitative estimate of drug-likeness (QED) is 0.200. The zero-order valence-electron chi connectivity index (χ0n) is 20.0. The molecular weight excluding hydrogens is 390 g/mol. The van der Waals surface area contributed by atoms with Gasteiger partial charge in [-0.15, -0.1) is 6.58 Å². The molecule has 3 atom stereocenters. The van der Waals surface area contributed by atoms with Gasteiger partial charge in [-0.2, -0.15) is 0 Å². The topological polar surface area (TPSA) is 46.6 Å². The summed E-state index contributed by atoms with van der Waals surface area (Å²) >= 11 is 0. The van der Waals surface area contributed by atoms with Crippen LogP contribution >= 0.6 is 0 Å². The SMILES string of the molecule is C=CCC[C@]12CCCC[C@H]1C(=O)C[C@H](CCCCCC)N2C(=O)OCC[Si](C)(C)C. The third-order valence-corrected chi connectivity index (χ3v) is 8.82. The lowest BCUT2D eigenvalue weighted by Gasteiger charge is -2.56. The maximum Gasteiger partial charge on any atom is 0.410 e.